The van der Waals surface area contributed by atoms with Crippen molar-refractivity contribution in [2.45, 2.75) is 57.6 Å². The van der Waals surface area contributed by atoms with Crippen molar-refractivity contribution in [1.29, 1.82) is 0 Å². The molecular formula is C18H31N5O3. The Balaban J connectivity index is 1.51. The van der Waals surface area contributed by atoms with Gasteiger partial charge in [0.25, 0.3) is 0 Å². The number of imide groups is 1. The maximum absolute atomic E-state index is 11.6. The molecule has 146 valence electrons. The Kier molecular flexibility index (Phi) is 6.01. The van der Waals surface area contributed by atoms with Crippen molar-refractivity contribution in [2.75, 3.05) is 33.3 Å². The largest absolute Gasteiger partial charge is 0.378 e. The van der Waals surface area contributed by atoms with Gasteiger partial charge in [-0.25, -0.2) is 4.79 Å². The first-order chi connectivity index (χ1) is 12.6. The van der Waals surface area contributed by atoms with Gasteiger partial charge in [0.1, 0.15) is 0 Å². The van der Waals surface area contributed by atoms with Crippen LogP contribution < -0.4 is 16.0 Å². The molecule has 0 bridgehead atoms. The molecule has 2 atom stereocenters. The van der Waals surface area contributed by atoms with Crippen LogP contribution in [-0.2, 0) is 9.53 Å². The van der Waals surface area contributed by atoms with Gasteiger partial charge in [0.05, 0.1) is 12.6 Å². The van der Waals surface area contributed by atoms with Crippen molar-refractivity contribution in [2.24, 2.45) is 10.4 Å². The van der Waals surface area contributed by atoms with Crippen LogP contribution in [0.3, 0.4) is 0 Å². The normalized spacial score (nSPS) is 28.1. The predicted octanol–water partition coefficient (Wildman–Crippen LogP) is 0.831. The number of guanidine groups is 1. The van der Waals surface area contributed by atoms with E-state index in [1.54, 1.807) is 7.05 Å². The zero-order valence-electron chi connectivity index (χ0n) is 15.8. The van der Waals surface area contributed by atoms with E-state index in [1.807, 2.05) is 0 Å². The third kappa shape index (κ3) is 3.65. The lowest BCUT2D eigenvalue weighted by Gasteiger charge is -2.57. The minimum absolute atomic E-state index is 0.0925. The van der Waals surface area contributed by atoms with Gasteiger partial charge >= 0.3 is 6.03 Å². The number of amides is 3. The van der Waals surface area contributed by atoms with E-state index in [-0.39, 0.29) is 23.9 Å². The van der Waals surface area contributed by atoms with Crippen molar-refractivity contribution < 1.29 is 14.3 Å². The molecule has 8 nitrogen and oxygen atoms in total. The van der Waals surface area contributed by atoms with Gasteiger partial charge in [0.15, 0.2) is 5.96 Å². The number of nitrogens with one attached hydrogen (secondary N) is 3. The van der Waals surface area contributed by atoms with E-state index in [9.17, 15) is 9.59 Å². The molecule has 1 saturated heterocycles. The summed E-state index contributed by atoms with van der Waals surface area (Å²) in [7, 11) is 1.75. The Hall–Kier alpha value is -1.83. The first-order valence-electron chi connectivity index (χ1n) is 9.77. The van der Waals surface area contributed by atoms with Crippen molar-refractivity contribution in [1.82, 2.24) is 20.9 Å². The van der Waals surface area contributed by atoms with Crippen LogP contribution in [0.1, 0.15) is 45.4 Å². The second kappa shape index (κ2) is 8.24. The van der Waals surface area contributed by atoms with E-state index in [0.29, 0.717) is 25.2 Å². The summed E-state index contributed by atoms with van der Waals surface area (Å²) in [5.74, 6) is 0.543. The molecule has 26 heavy (non-hydrogen) atoms. The van der Waals surface area contributed by atoms with Gasteiger partial charge < -0.3 is 20.7 Å². The third-order valence-electron chi connectivity index (χ3n) is 6.04. The van der Waals surface area contributed by atoms with Crippen molar-refractivity contribution in [3.8, 4) is 0 Å². The Labute approximate surface area is 155 Å². The molecule has 3 rings (SSSR count). The predicted molar refractivity (Wildman–Crippen MR) is 98.9 cm³/mol. The van der Waals surface area contributed by atoms with Gasteiger partial charge in [0.2, 0.25) is 5.91 Å². The van der Waals surface area contributed by atoms with E-state index in [4.69, 9.17) is 4.74 Å². The molecule has 1 spiro atoms. The Morgan fingerprint density at radius 3 is 2.73 bits per heavy atom. The number of aliphatic imine (C=N–C) groups is 1. The SMILES string of the molecule is CCOC1CC(NC(=NC)NCCN2C(=O)CNC2=O)C12CCCCC2. The Morgan fingerprint density at radius 1 is 1.35 bits per heavy atom. The van der Waals surface area contributed by atoms with Crippen LogP contribution in [0, 0.1) is 5.41 Å². The van der Waals surface area contributed by atoms with E-state index >= 15 is 0 Å². The Morgan fingerprint density at radius 2 is 2.12 bits per heavy atom. The average Bonchev–Trinajstić information content (AvgIpc) is 2.98. The molecule has 0 aromatic rings. The number of rotatable bonds is 6. The van der Waals surface area contributed by atoms with Gasteiger partial charge in [-0.05, 0) is 26.2 Å². The average molecular weight is 365 g/mol. The molecule has 3 aliphatic rings. The highest BCUT2D eigenvalue weighted by Crippen LogP contribution is 2.53. The number of urea groups is 1. The van der Waals surface area contributed by atoms with Gasteiger partial charge in [0, 0.05) is 38.2 Å². The first kappa shape index (κ1) is 18.9. The molecule has 0 radical (unpaired) electrons. The van der Waals surface area contributed by atoms with Crippen LogP contribution in [-0.4, -0.2) is 68.2 Å². The summed E-state index contributed by atoms with van der Waals surface area (Å²) in [6, 6.07) is 0.0433. The van der Waals surface area contributed by atoms with Crippen LogP contribution in [0.5, 0.6) is 0 Å². The smallest absolute Gasteiger partial charge is 0.324 e. The summed E-state index contributed by atoms with van der Waals surface area (Å²) >= 11 is 0. The molecule has 0 aromatic carbocycles. The van der Waals surface area contributed by atoms with E-state index in [1.165, 1.54) is 37.0 Å². The molecular weight excluding hydrogens is 334 g/mol. The number of hydrogen-bond acceptors (Lipinski definition) is 4. The second-order valence-electron chi connectivity index (χ2n) is 7.37. The molecule has 1 heterocycles. The highest BCUT2D eigenvalue weighted by Gasteiger charge is 2.55. The molecule has 2 aliphatic carbocycles. The number of carbonyl (C=O) groups is 2. The molecule has 2 unspecified atom stereocenters. The van der Waals surface area contributed by atoms with Gasteiger partial charge in [-0.3, -0.25) is 14.7 Å². The maximum atomic E-state index is 11.6. The van der Waals surface area contributed by atoms with Crippen LogP contribution in [0.15, 0.2) is 4.99 Å². The molecule has 3 N–H and O–H groups in total. The molecule has 3 fully saturated rings. The summed E-state index contributed by atoms with van der Waals surface area (Å²) < 4.78 is 6.00. The van der Waals surface area contributed by atoms with E-state index in [2.05, 4.69) is 27.9 Å². The summed E-state index contributed by atoms with van der Waals surface area (Å²) in [6.45, 7) is 3.73. The van der Waals surface area contributed by atoms with Crippen LogP contribution in [0.2, 0.25) is 0 Å². The lowest BCUT2D eigenvalue weighted by atomic mass is 9.55. The zero-order chi connectivity index (χ0) is 18.6. The quantitative estimate of drug-likeness (QED) is 0.368. The lowest BCUT2D eigenvalue weighted by molar-refractivity contribution is -0.145. The van der Waals surface area contributed by atoms with Crippen molar-refractivity contribution >= 4 is 17.9 Å². The fourth-order valence-corrected chi connectivity index (χ4v) is 4.59. The molecule has 8 heteroatoms. The van der Waals surface area contributed by atoms with Gasteiger partial charge in [-0.1, -0.05) is 19.3 Å². The van der Waals surface area contributed by atoms with Crippen molar-refractivity contribution in [3.63, 3.8) is 0 Å². The minimum Gasteiger partial charge on any atom is -0.378 e. The van der Waals surface area contributed by atoms with E-state index in [0.717, 1.165) is 19.0 Å². The fourth-order valence-electron chi connectivity index (χ4n) is 4.59. The second-order valence-corrected chi connectivity index (χ2v) is 7.37. The lowest BCUT2D eigenvalue weighted by Crippen LogP contribution is -2.66. The summed E-state index contributed by atoms with van der Waals surface area (Å²) in [5.41, 5.74) is 0.219. The van der Waals surface area contributed by atoms with Gasteiger partial charge in [-0.15, -0.1) is 0 Å². The highest BCUT2D eigenvalue weighted by molar-refractivity contribution is 6.01. The van der Waals surface area contributed by atoms with Crippen molar-refractivity contribution in [3.05, 3.63) is 0 Å². The maximum Gasteiger partial charge on any atom is 0.324 e. The number of hydrogen-bond donors (Lipinski definition) is 3. The first-order valence-corrected chi connectivity index (χ1v) is 9.77. The van der Waals surface area contributed by atoms with Crippen LogP contribution in [0.25, 0.3) is 0 Å². The third-order valence-corrected chi connectivity index (χ3v) is 6.04. The summed E-state index contributed by atoms with van der Waals surface area (Å²) in [6.07, 6.45) is 7.59. The monoisotopic (exact) mass is 365 g/mol. The fraction of sp³-hybridized carbons (Fsp3) is 0.833. The number of nitrogens with zero attached hydrogens (tertiary/aromatic N) is 2. The number of carbonyl (C=O) groups excluding carboxylic acids is 2. The topological polar surface area (TPSA) is 95.1 Å². The van der Waals surface area contributed by atoms with Gasteiger partial charge in [-0.2, -0.15) is 0 Å². The van der Waals surface area contributed by atoms with E-state index < -0.39 is 0 Å². The minimum atomic E-state index is -0.320. The molecule has 3 amide bonds. The summed E-state index contributed by atoms with van der Waals surface area (Å²) in [4.78, 5) is 28.7. The Bertz CT molecular complexity index is 543. The van der Waals surface area contributed by atoms with Crippen LogP contribution >= 0.6 is 0 Å². The highest BCUT2D eigenvalue weighted by atomic mass is 16.5. The summed E-state index contributed by atoms with van der Waals surface area (Å²) in [5, 5.41) is 9.31. The zero-order valence-corrected chi connectivity index (χ0v) is 15.8. The van der Waals surface area contributed by atoms with Crippen LogP contribution in [0.4, 0.5) is 4.79 Å². The molecule has 1 aliphatic heterocycles. The molecule has 0 aromatic heterocycles. The number of ether oxygens (including phenoxy) is 1. The standard InChI is InChI=1S/C18H31N5O3/c1-3-26-14-11-13(18(14)7-5-4-6-8-18)22-16(19-2)20-9-10-23-15(24)12-21-17(23)25/h13-14H,3-12H2,1-2H3,(H,21,25)(H2,19,20,22). The molecule has 2 saturated carbocycles.